The summed E-state index contributed by atoms with van der Waals surface area (Å²) in [5.41, 5.74) is 3.87. The minimum atomic E-state index is -4.77. The first-order chi connectivity index (χ1) is 10.4. The van der Waals surface area contributed by atoms with Crippen LogP contribution in [0.4, 0.5) is 27.8 Å². The highest BCUT2D eigenvalue weighted by molar-refractivity contribution is 8.03. The van der Waals surface area contributed by atoms with Gasteiger partial charge in [-0.1, -0.05) is 34.8 Å². The SMILES string of the molecule is Nc1c(SC(F)(Cl)Cl)cnn1-c1c(F)cc(C(F)(F)F)cc1Cl. The van der Waals surface area contributed by atoms with Crippen molar-refractivity contribution in [3.63, 3.8) is 0 Å². The summed E-state index contributed by atoms with van der Waals surface area (Å²) in [6, 6.07) is 0.772. The van der Waals surface area contributed by atoms with E-state index in [1.807, 2.05) is 0 Å². The van der Waals surface area contributed by atoms with Gasteiger partial charge in [-0.05, 0) is 23.9 Å². The molecule has 23 heavy (non-hydrogen) atoms. The molecule has 1 aromatic carbocycles. The predicted molar refractivity (Wildman–Crippen MR) is 79.3 cm³/mol. The molecule has 1 heterocycles. The molecule has 0 unspecified atom stereocenters. The lowest BCUT2D eigenvalue weighted by Gasteiger charge is -2.13. The molecule has 2 aromatic rings. The van der Waals surface area contributed by atoms with Gasteiger partial charge >= 0.3 is 10.1 Å². The minimum absolute atomic E-state index is 0.0483. The van der Waals surface area contributed by atoms with Crippen LogP contribution < -0.4 is 5.73 Å². The largest absolute Gasteiger partial charge is 0.416 e. The second-order valence-electron chi connectivity index (χ2n) is 4.14. The lowest BCUT2D eigenvalue weighted by Crippen LogP contribution is -2.10. The molecule has 0 aliphatic heterocycles. The molecule has 0 fully saturated rings. The number of alkyl halides is 6. The van der Waals surface area contributed by atoms with Crippen LogP contribution >= 0.6 is 46.6 Å². The summed E-state index contributed by atoms with van der Waals surface area (Å²) >= 11 is 16.3. The normalized spacial score (nSPS) is 12.7. The summed E-state index contributed by atoms with van der Waals surface area (Å²) in [7, 11) is 0. The molecule has 0 atom stereocenters. The van der Waals surface area contributed by atoms with E-state index < -0.39 is 32.2 Å². The predicted octanol–water partition coefficient (Wildman–Crippen LogP) is 5.42. The van der Waals surface area contributed by atoms with E-state index >= 15 is 0 Å². The van der Waals surface area contributed by atoms with Crippen LogP contribution in [0, 0.1) is 5.82 Å². The Labute approximate surface area is 145 Å². The molecule has 0 bridgehead atoms. The zero-order chi connectivity index (χ0) is 17.6. The van der Waals surface area contributed by atoms with E-state index in [9.17, 15) is 22.0 Å². The molecular formula is C11H5Cl3F5N3S. The van der Waals surface area contributed by atoms with E-state index in [1.54, 1.807) is 0 Å². The van der Waals surface area contributed by atoms with Gasteiger partial charge in [0.15, 0.2) is 5.82 Å². The monoisotopic (exact) mass is 411 g/mol. The number of rotatable bonds is 3. The van der Waals surface area contributed by atoms with Crippen molar-refractivity contribution < 1.29 is 22.0 Å². The first kappa shape index (κ1) is 18.4. The smallest absolute Gasteiger partial charge is 0.383 e. The van der Waals surface area contributed by atoms with Gasteiger partial charge in [-0.2, -0.15) is 22.7 Å². The Morgan fingerprint density at radius 1 is 1.17 bits per heavy atom. The summed E-state index contributed by atoms with van der Waals surface area (Å²) < 4.78 is 63.0. The number of nitrogens with zero attached hydrogens (tertiary/aromatic N) is 2. The molecule has 0 saturated carbocycles. The summed E-state index contributed by atoms with van der Waals surface area (Å²) in [4.78, 5) is -0.0483. The molecule has 3 nitrogen and oxygen atoms in total. The first-order valence-electron chi connectivity index (χ1n) is 5.56. The van der Waals surface area contributed by atoms with E-state index in [0.717, 1.165) is 10.9 Å². The van der Waals surface area contributed by atoms with Gasteiger partial charge in [-0.3, -0.25) is 0 Å². The van der Waals surface area contributed by atoms with E-state index in [-0.39, 0.29) is 28.5 Å². The Morgan fingerprint density at radius 2 is 1.78 bits per heavy atom. The van der Waals surface area contributed by atoms with E-state index in [4.69, 9.17) is 40.5 Å². The Hall–Kier alpha value is -0.900. The maximum absolute atomic E-state index is 14.0. The van der Waals surface area contributed by atoms with Crippen LogP contribution in [0.5, 0.6) is 0 Å². The second kappa shape index (κ2) is 6.19. The van der Waals surface area contributed by atoms with Gasteiger partial charge in [-0.15, -0.1) is 0 Å². The molecular weight excluding hydrogens is 408 g/mol. The molecule has 0 spiro atoms. The van der Waals surface area contributed by atoms with Crippen molar-refractivity contribution in [2.45, 2.75) is 15.0 Å². The van der Waals surface area contributed by atoms with Crippen molar-refractivity contribution in [1.82, 2.24) is 9.78 Å². The van der Waals surface area contributed by atoms with Gasteiger partial charge in [0.25, 0.3) is 0 Å². The average molecular weight is 413 g/mol. The topological polar surface area (TPSA) is 43.8 Å². The first-order valence-corrected chi connectivity index (χ1v) is 7.51. The maximum atomic E-state index is 14.0. The molecule has 2 rings (SSSR count). The quantitative estimate of drug-likeness (QED) is 0.416. The van der Waals surface area contributed by atoms with Crippen LogP contribution in [0.2, 0.25) is 5.02 Å². The molecule has 126 valence electrons. The third-order valence-corrected chi connectivity index (χ3v) is 4.07. The molecule has 12 heteroatoms. The van der Waals surface area contributed by atoms with Crippen molar-refractivity contribution in [2.24, 2.45) is 0 Å². The lowest BCUT2D eigenvalue weighted by molar-refractivity contribution is -0.137. The number of nitrogens with two attached hydrogens (primary N) is 1. The van der Waals surface area contributed by atoms with Crippen LogP contribution in [0.15, 0.2) is 23.2 Å². The van der Waals surface area contributed by atoms with E-state index in [0.29, 0.717) is 6.07 Å². The Bertz CT molecular complexity index is 718. The zero-order valence-corrected chi connectivity index (χ0v) is 13.7. The third kappa shape index (κ3) is 4.14. The van der Waals surface area contributed by atoms with Crippen molar-refractivity contribution >= 4 is 52.4 Å². The van der Waals surface area contributed by atoms with Crippen LogP contribution in [0.3, 0.4) is 0 Å². The number of thioether (sulfide) groups is 1. The van der Waals surface area contributed by atoms with Crippen molar-refractivity contribution in [3.05, 3.63) is 34.7 Å². The minimum Gasteiger partial charge on any atom is -0.383 e. The number of hydrogen-bond acceptors (Lipinski definition) is 3. The summed E-state index contributed by atoms with van der Waals surface area (Å²) in [6.07, 6.45) is -3.75. The third-order valence-electron chi connectivity index (χ3n) is 2.55. The van der Waals surface area contributed by atoms with E-state index in [2.05, 4.69) is 5.10 Å². The highest BCUT2D eigenvalue weighted by Crippen LogP contribution is 2.44. The average Bonchev–Trinajstić information content (AvgIpc) is 2.68. The standard InChI is InChI=1S/C11H5Cl3F5N3S/c12-5-1-4(10(16,17)18)2-6(15)8(5)22-9(20)7(3-21-22)23-11(13,14)19/h1-3H,20H2. The lowest BCUT2D eigenvalue weighted by atomic mass is 10.2. The molecule has 1 aromatic heterocycles. The number of aromatic nitrogens is 2. The van der Waals surface area contributed by atoms with Crippen molar-refractivity contribution in [1.29, 1.82) is 0 Å². The highest BCUT2D eigenvalue weighted by Gasteiger charge is 2.33. The van der Waals surface area contributed by atoms with Gasteiger partial charge < -0.3 is 5.73 Å². The molecule has 0 amide bonds. The number of benzene rings is 1. The van der Waals surface area contributed by atoms with Crippen LogP contribution in [0.25, 0.3) is 5.69 Å². The Morgan fingerprint density at radius 3 is 2.26 bits per heavy atom. The van der Waals surface area contributed by atoms with E-state index in [1.165, 1.54) is 0 Å². The molecule has 0 aliphatic carbocycles. The number of hydrogen-bond donors (Lipinski definition) is 1. The summed E-state index contributed by atoms with van der Waals surface area (Å²) in [6.45, 7) is 0. The van der Waals surface area contributed by atoms with Gasteiger partial charge in [0.2, 0.25) is 0 Å². The fourth-order valence-corrected chi connectivity index (χ4v) is 2.98. The Balaban J connectivity index is 2.52. The summed E-state index contributed by atoms with van der Waals surface area (Å²) in [5.74, 6) is -1.60. The molecule has 0 radical (unpaired) electrons. The van der Waals surface area contributed by atoms with Gasteiger partial charge in [0.1, 0.15) is 11.5 Å². The van der Waals surface area contributed by atoms with Crippen LogP contribution in [-0.4, -0.2) is 13.7 Å². The molecule has 0 aliphatic rings. The van der Waals surface area contributed by atoms with Crippen LogP contribution in [-0.2, 0) is 6.18 Å². The maximum Gasteiger partial charge on any atom is 0.416 e. The summed E-state index contributed by atoms with van der Waals surface area (Å²) in [5, 5.41) is 3.09. The fraction of sp³-hybridized carbons (Fsp3) is 0.182. The molecule has 0 saturated heterocycles. The van der Waals surface area contributed by atoms with Crippen LogP contribution in [0.1, 0.15) is 5.56 Å². The highest BCUT2D eigenvalue weighted by atomic mass is 35.5. The number of anilines is 1. The fourth-order valence-electron chi connectivity index (χ4n) is 1.66. The number of halogens is 8. The van der Waals surface area contributed by atoms with Crippen molar-refractivity contribution in [3.8, 4) is 5.69 Å². The van der Waals surface area contributed by atoms with Gasteiger partial charge in [-0.25, -0.2) is 9.07 Å². The zero-order valence-electron chi connectivity index (χ0n) is 10.6. The number of nitrogen functional groups attached to an aromatic ring is 1. The van der Waals surface area contributed by atoms with Gasteiger partial charge in [0, 0.05) is 0 Å². The second-order valence-corrected chi connectivity index (χ2v) is 7.44. The molecule has 2 N–H and O–H groups in total. The van der Waals surface area contributed by atoms with Gasteiger partial charge in [0.05, 0.1) is 21.7 Å². The van der Waals surface area contributed by atoms with Crippen molar-refractivity contribution in [2.75, 3.05) is 5.73 Å². The Kier molecular flexibility index (Phi) is 4.97.